The highest BCUT2D eigenvalue weighted by Gasteiger charge is 2.37. The van der Waals surface area contributed by atoms with E-state index in [1.807, 2.05) is 4.90 Å². The maximum atomic E-state index is 13.2. The number of likely N-dealkylation sites (N-methyl/N-ethyl adjacent to an activating group) is 1. The van der Waals surface area contributed by atoms with Gasteiger partial charge in [-0.1, -0.05) is 0 Å². The summed E-state index contributed by atoms with van der Waals surface area (Å²) in [4.78, 5) is 28.7. The minimum atomic E-state index is -1.00. The van der Waals surface area contributed by atoms with E-state index < -0.39 is 5.97 Å². The summed E-state index contributed by atoms with van der Waals surface area (Å²) in [6, 6.07) is 7.56. The second kappa shape index (κ2) is 7.96. The molecule has 154 valence electrons. The lowest BCUT2D eigenvalue weighted by atomic mass is 10.0. The van der Waals surface area contributed by atoms with Crippen molar-refractivity contribution in [1.29, 1.82) is 0 Å². The third-order valence-corrected chi connectivity index (χ3v) is 6.05. The second-order valence-electron chi connectivity index (χ2n) is 7.74. The molecular formula is C21H26N4O4. The standard InChI is InChI=1S/C21H26N4O4/c1-14-17(21(27)28)12-22-25(14)16-7-5-15(6-8-16)20(26)24-10-11-29-13-19(24)18-4-3-9-23(18)2/h5-8,12,18-19H,3-4,9-11,13H2,1-2H3,(H,27,28). The van der Waals surface area contributed by atoms with Gasteiger partial charge in [0.15, 0.2) is 0 Å². The van der Waals surface area contributed by atoms with E-state index in [1.165, 1.54) is 6.20 Å². The molecule has 0 radical (unpaired) electrons. The Kier molecular flexibility index (Phi) is 5.38. The highest BCUT2D eigenvalue weighted by molar-refractivity contribution is 5.94. The van der Waals surface area contributed by atoms with Gasteiger partial charge >= 0.3 is 5.97 Å². The summed E-state index contributed by atoms with van der Waals surface area (Å²) in [5.74, 6) is -0.996. The molecule has 2 aromatic rings. The van der Waals surface area contributed by atoms with Crippen molar-refractivity contribution < 1.29 is 19.4 Å². The molecule has 1 aromatic heterocycles. The Labute approximate surface area is 169 Å². The van der Waals surface area contributed by atoms with Crippen molar-refractivity contribution >= 4 is 11.9 Å². The molecule has 1 amide bonds. The van der Waals surface area contributed by atoms with E-state index in [2.05, 4.69) is 17.0 Å². The Morgan fingerprint density at radius 1 is 1.17 bits per heavy atom. The Morgan fingerprint density at radius 3 is 2.55 bits per heavy atom. The molecule has 2 aliphatic heterocycles. The zero-order valence-corrected chi connectivity index (χ0v) is 16.7. The van der Waals surface area contributed by atoms with Gasteiger partial charge in [0.1, 0.15) is 5.56 Å². The Balaban J connectivity index is 1.55. The van der Waals surface area contributed by atoms with E-state index in [9.17, 15) is 14.7 Å². The molecular weight excluding hydrogens is 372 g/mol. The number of likely N-dealkylation sites (tertiary alicyclic amines) is 1. The first-order valence-corrected chi connectivity index (χ1v) is 9.94. The largest absolute Gasteiger partial charge is 0.478 e. The monoisotopic (exact) mass is 398 g/mol. The number of amides is 1. The van der Waals surface area contributed by atoms with Crippen LogP contribution in [0.25, 0.3) is 5.69 Å². The third kappa shape index (κ3) is 3.65. The normalized spacial score (nSPS) is 22.8. The number of carboxylic acids is 1. The maximum absolute atomic E-state index is 13.2. The number of aromatic carboxylic acids is 1. The number of aromatic nitrogens is 2. The lowest BCUT2D eigenvalue weighted by Gasteiger charge is -2.41. The molecule has 0 bridgehead atoms. The zero-order chi connectivity index (χ0) is 20.5. The molecule has 1 aromatic carbocycles. The number of ether oxygens (including phenoxy) is 1. The molecule has 0 saturated carbocycles. The number of morpholine rings is 1. The fraction of sp³-hybridized carbons (Fsp3) is 0.476. The topological polar surface area (TPSA) is 87.9 Å². The van der Waals surface area contributed by atoms with Crippen molar-refractivity contribution in [3.05, 3.63) is 47.3 Å². The van der Waals surface area contributed by atoms with Gasteiger partial charge in [-0.25, -0.2) is 9.48 Å². The van der Waals surface area contributed by atoms with E-state index in [0.717, 1.165) is 25.1 Å². The number of nitrogens with zero attached hydrogens (tertiary/aromatic N) is 4. The minimum Gasteiger partial charge on any atom is -0.478 e. The minimum absolute atomic E-state index is 0.00793. The average molecular weight is 398 g/mol. The van der Waals surface area contributed by atoms with Crippen molar-refractivity contribution in [2.24, 2.45) is 0 Å². The molecule has 29 heavy (non-hydrogen) atoms. The van der Waals surface area contributed by atoms with E-state index in [1.54, 1.807) is 35.9 Å². The number of benzene rings is 1. The summed E-state index contributed by atoms with van der Waals surface area (Å²) in [6.07, 6.45) is 3.57. The molecule has 0 spiro atoms. The average Bonchev–Trinajstić information content (AvgIpc) is 3.33. The van der Waals surface area contributed by atoms with Crippen LogP contribution in [0.15, 0.2) is 30.5 Å². The second-order valence-corrected chi connectivity index (χ2v) is 7.74. The van der Waals surface area contributed by atoms with Gasteiger partial charge in [-0.15, -0.1) is 0 Å². The van der Waals surface area contributed by atoms with Crippen LogP contribution in [0, 0.1) is 6.92 Å². The number of rotatable bonds is 4. The lowest BCUT2D eigenvalue weighted by molar-refractivity contribution is -0.0233. The summed E-state index contributed by atoms with van der Waals surface area (Å²) >= 11 is 0. The van der Waals surface area contributed by atoms with Crippen LogP contribution in [0.4, 0.5) is 0 Å². The van der Waals surface area contributed by atoms with Gasteiger partial charge in [0.2, 0.25) is 0 Å². The molecule has 8 heteroatoms. The van der Waals surface area contributed by atoms with Crippen molar-refractivity contribution in [2.75, 3.05) is 33.4 Å². The van der Waals surface area contributed by atoms with Gasteiger partial charge in [0.25, 0.3) is 5.91 Å². The summed E-state index contributed by atoms with van der Waals surface area (Å²) in [5.41, 5.74) is 2.06. The van der Waals surface area contributed by atoms with Gasteiger partial charge in [-0.05, 0) is 57.6 Å². The predicted octanol–water partition coefficient (Wildman–Crippen LogP) is 1.81. The van der Waals surface area contributed by atoms with Gasteiger partial charge in [0, 0.05) is 18.2 Å². The number of carboxylic acid groups (broad SMARTS) is 1. The molecule has 2 fully saturated rings. The molecule has 2 saturated heterocycles. The summed E-state index contributed by atoms with van der Waals surface area (Å²) in [7, 11) is 2.11. The lowest BCUT2D eigenvalue weighted by Crippen LogP contribution is -2.56. The molecule has 2 atom stereocenters. The Hall–Kier alpha value is -2.71. The Bertz CT molecular complexity index is 908. The van der Waals surface area contributed by atoms with E-state index in [0.29, 0.717) is 37.1 Å². The summed E-state index contributed by atoms with van der Waals surface area (Å²) in [6.45, 7) is 4.49. The van der Waals surface area contributed by atoms with E-state index in [4.69, 9.17) is 4.74 Å². The molecule has 4 rings (SSSR count). The quantitative estimate of drug-likeness (QED) is 0.845. The molecule has 0 aliphatic carbocycles. The fourth-order valence-electron chi connectivity index (χ4n) is 4.41. The van der Waals surface area contributed by atoms with Crippen LogP contribution in [0.3, 0.4) is 0 Å². The highest BCUT2D eigenvalue weighted by atomic mass is 16.5. The van der Waals surface area contributed by atoms with Crippen LogP contribution in [-0.4, -0.2) is 82.0 Å². The van der Waals surface area contributed by atoms with Gasteiger partial charge in [0.05, 0.1) is 36.8 Å². The van der Waals surface area contributed by atoms with Crippen molar-refractivity contribution in [3.8, 4) is 5.69 Å². The van der Waals surface area contributed by atoms with Crippen LogP contribution < -0.4 is 0 Å². The van der Waals surface area contributed by atoms with Crippen molar-refractivity contribution in [1.82, 2.24) is 19.6 Å². The number of hydrogen-bond donors (Lipinski definition) is 1. The van der Waals surface area contributed by atoms with Crippen molar-refractivity contribution in [3.63, 3.8) is 0 Å². The van der Waals surface area contributed by atoms with Gasteiger partial charge in [-0.2, -0.15) is 5.10 Å². The van der Waals surface area contributed by atoms with Crippen LogP contribution in [-0.2, 0) is 4.74 Å². The predicted molar refractivity (Wildman–Crippen MR) is 107 cm³/mol. The van der Waals surface area contributed by atoms with Crippen LogP contribution >= 0.6 is 0 Å². The first kappa shape index (κ1) is 19.6. The molecule has 2 unspecified atom stereocenters. The fourth-order valence-corrected chi connectivity index (χ4v) is 4.41. The van der Waals surface area contributed by atoms with Crippen LogP contribution in [0.5, 0.6) is 0 Å². The number of carbonyl (C=O) groups is 2. The summed E-state index contributed by atoms with van der Waals surface area (Å²) in [5, 5.41) is 13.4. The first-order valence-electron chi connectivity index (χ1n) is 9.94. The van der Waals surface area contributed by atoms with E-state index in [-0.39, 0.29) is 17.5 Å². The van der Waals surface area contributed by atoms with Crippen LogP contribution in [0.2, 0.25) is 0 Å². The van der Waals surface area contributed by atoms with E-state index >= 15 is 0 Å². The molecule has 1 N–H and O–H groups in total. The summed E-state index contributed by atoms with van der Waals surface area (Å²) < 4.78 is 7.26. The molecule has 8 nitrogen and oxygen atoms in total. The molecule has 2 aliphatic rings. The first-order chi connectivity index (χ1) is 14.0. The van der Waals surface area contributed by atoms with Crippen LogP contribution in [0.1, 0.15) is 39.3 Å². The number of hydrogen-bond acceptors (Lipinski definition) is 5. The molecule has 3 heterocycles. The number of carbonyl (C=O) groups excluding carboxylic acids is 1. The maximum Gasteiger partial charge on any atom is 0.339 e. The van der Waals surface area contributed by atoms with Gasteiger partial charge in [-0.3, -0.25) is 4.79 Å². The zero-order valence-electron chi connectivity index (χ0n) is 16.7. The highest BCUT2D eigenvalue weighted by Crippen LogP contribution is 2.25. The van der Waals surface area contributed by atoms with Gasteiger partial charge < -0.3 is 19.6 Å². The Morgan fingerprint density at radius 2 is 1.93 bits per heavy atom. The smallest absolute Gasteiger partial charge is 0.339 e. The van der Waals surface area contributed by atoms with Crippen molar-refractivity contribution in [2.45, 2.75) is 31.8 Å². The third-order valence-electron chi connectivity index (χ3n) is 6.05. The SMILES string of the molecule is Cc1c(C(=O)O)cnn1-c1ccc(C(=O)N2CCOCC2C2CCCN2C)cc1.